The van der Waals surface area contributed by atoms with Gasteiger partial charge in [0.1, 0.15) is 11.6 Å². The van der Waals surface area contributed by atoms with E-state index in [9.17, 15) is 14.0 Å². The molecule has 0 aliphatic carbocycles. The fourth-order valence-electron chi connectivity index (χ4n) is 2.07. The Morgan fingerprint density at radius 2 is 1.86 bits per heavy atom. The first-order chi connectivity index (χ1) is 9.69. The van der Waals surface area contributed by atoms with E-state index < -0.39 is 11.6 Å². The second kappa shape index (κ2) is 7.31. The van der Waals surface area contributed by atoms with Gasteiger partial charge >= 0.3 is 0 Å². The van der Waals surface area contributed by atoms with Crippen LogP contribution in [0.1, 0.15) is 39.2 Å². The highest BCUT2D eigenvalue weighted by Gasteiger charge is 2.24. The molecular formula is C16H23FN2O2. The van der Waals surface area contributed by atoms with Gasteiger partial charge in [0, 0.05) is 12.0 Å². The Morgan fingerprint density at radius 1 is 1.29 bits per heavy atom. The van der Waals surface area contributed by atoms with Crippen LogP contribution in [0.3, 0.4) is 0 Å². The smallest absolute Gasteiger partial charge is 0.237 e. The summed E-state index contributed by atoms with van der Waals surface area (Å²) in [4.78, 5) is 22.9. The number of rotatable bonds is 7. The fourth-order valence-corrected chi connectivity index (χ4v) is 2.07. The predicted molar refractivity (Wildman–Crippen MR) is 80.2 cm³/mol. The van der Waals surface area contributed by atoms with Crippen LogP contribution in [0, 0.1) is 5.82 Å². The largest absolute Gasteiger partial charge is 0.350 e. The number of benzene rings is 1. The van der Waals surface area contributed by atoms with Gasteiger partial charge in [-0.1, -0.05) is 12.1 Å². The lowest BCUT2D eigenvalue weighted by Crippen LogP contribution is -2.51. The van der Waals surface area contributed by atoms with Crippen LogP contribution in [-0.4, -0.2) is 23.3 Å². The zero-order chi connectivity index (χ0) is 16.0. The standard InChI is InChI=1S/C16H23FN2O2/c1-11(20)4-9-14(18)15(21)19-16(2,3)10-12-5-7-13(17)8-6-12/h5-8,14H,4,9-10,18H2,1-3H3,(H,19,21)/t14-/m0/s1. The molecule has 0 aromatic heterocycles. The molecule has 1 aromatic rings. The fraction of sp³-hybridized carbons (Fsp3) is 0.500. The minimum atomic E-state index is -0.693. The lowest BCUT2D eigenvalue weighted by Gasteiger charge is -2.28. The van der Waals surface area contributed by atoms with Crippen LogP contribution in [0.5, 0.6) is 0 Å². The third-order valence-corrected chi connectivity index (χ3v) is 3.17. The number of ketones is 1. The van der Waals surface area contributed by atoms with Gasteiger partial charge in [0.2, 0.25) is 5.91 Å². The minimum Gasteiger partial charge on any atom is -0.350 e. The van der Waals surface area contributed by atoms with Crippen molar-refractivity contribution >= 4 is 11.7 Å². The summed E-state index contributed by atoms with van der Waals surface area (Å²) < 4.78 is 12.9. The molecule has 3 N–H and O–H groups in total. The molecule has 1 aromatic carbocycles. The molecule has 21 heavy (non-hydrogen) atoms. The quantitative estimate of drug-likeness (QED) is 0.807. The van der Waals surface area contributed by atoms with Crippen molar-refractivity contribution in [2.45, 2.75) is 51.6 Å². The molecule has 1 rings (SSSR count). The van der Waals surface area contributed by atoms with Crippen LogP contribution in [0.4, 0.5) is 4.39 Å². The molecule has 0 fully saturated rings. The van der Waals surface area contributed by atoms with E-state index in [-0.39, 0.29) is 17.5 Å². The molecule has 0 saturated carbocycles. The van der Waals surface area contributed by atoms with E-state index >= 15 is 0 Å². The van der Waals surface area contributed by atoms with Gasteiger partial charge in [-0.15, -0.1) is 0 Å². The summed E-state index contributed by atoms with van der Waals surface area (Å²) in [5.74, 6) is -0.543. The van der Waals surface area contributed by atoms with Crippen molar-refractivity contribution in [2.24, 2.45) is 5.73 Å². The van der Waals surface area contributed by atoms with Crippen LogP contribution in [0.15, 0.2) is 24.3 Å². The minimum absolute atomic E-state index is 0.0174. The van der Waals surface area contributed by atoms with Crippen LogP contribution in [0.2, 0.25) is 0 Å². The molecule has 4 nitrogen and oxygen atoms in total. The van der Waals surface area contributed by atoms with Crippen LogP contribution >= 0.6 is 0 Å². The number of carbonyl (C=O) groups is 2. The molecule has 0 saturated heterocycles. The van der Waals surface area contributed by atoms with Gasteiger partial charge in [0.05, 0.1) is 6.04 Å². The van der Waals surface area contributed by atoms with Crippen molar-refractivity contribution in [1.29, 1.82) is 0 Å². The Morgan fingerprint density at radius 3 is 2.38 bits per heavy atom. The highest BCUT2D eigenvalue weighted by molar-refractivity contribution is 5.83. The predicted octanol–water partition coefficient (Wildman–Crippen LogP) is 1.96. The highest BCUT2D eigenvalue weighted by Crippen LogP contribution is 2.14. The first kappa shape index (κ1) is 17.3. The highest BCUT2D eigenvalue weighted by atomic mass is 19.1. The van der Waals surface area contributed by atoms with Crippen molar-refractivity contribution in [3.05, 3.63) is 35.6 Å². The summed E-state index contributed by atoms with van der Waals surface area (Å²) in [7, 11) is 0. The molecule has 0 aliphatic rings. The third kappa shape index (κ3) is 6.49. The van der Waals surface area contributed by atoms with E-state index in [4.69, 9.17) is 5.73 Å². The molecule has 1 amide bonds. The summed E-state index contributed by atoms with van der Waals surface area (Å²) in [5.41, 5.74) is 6.20. The summed E-state index contributed by atoms with van der Waals surface area (Å²) >= 11 is 0. The van der Waals surface area contributed by atoms with Gasteiger partial charge in [-0.3, -0.25) is 4.79 Å². The van der Waals surface area contributed by atoms with Crippen molar-refractivity contribution in [1.82, 2.24) is 5.32 Å². The van der Waals surface area contributed by atoms with E-state index in [1.165, 1.54) is 19.1 Å². The van der Waals surface area contributed by atoms with E-state index in [1.54, 1.807) is 12.1 Å². The molecule has 5 heteroatoms. The Balaban J connectivity index is 2.56. The number of halogens is 1. The van der Waals surface area contributed by atoms with Crippen molar-refractivity contribution in [3.63, 3.8) is 0 Å². The summed E-state index contributed by atoms with van der Waals surface area (Å²) in [5, 5.41) is 2.87. The average molecular weight is 294 g/mol. The molecule has 0 bridgehead atoms. The number of hydrogen-bond acceptors (Lipinski definition) is 3. The second-order valence-corrected chi connectivity index (χ2v) is 6.02. The molecule has 116 valence electrons. The average Bonchev–Trinajstić information content (AvgIpc) is 2.37. The Bertz CT molecular complexity index is 498. The molecular weight excluding hydrogens is 271 g/mol. The van der Waals surface area contributed by atoms with E-state index in [1.807, 2.05) is 13.8 Å². The Kier molecular flexibility index (Phi) is 6.03. The van der Waals surface area contributed by atoms with Gasteiger partial charge in [-0.2, -0.15) is 0 Å². The van der Waals surface area contributed by atoms with Gasteiger partial charge in [-0.05, 0) is 51.3 Å². The summed E-state index contributed by atoms with van der Waals surface area (Å²) in [6.45, 7) is 5.24. The summed E-state index contributed by atoms with van der Waals surface area (Å²) in [6, 6.07) is 5.48. The van der Waals surface area contributed by atoms with Crippen LogP contribution in [0.25, 0.3) is 0 Å². The summed E-state index contributed by atoms with van der Waals surface area (Å²) in [6.07, 6.45) is 1.21. The number of Topliss-reactive ketones (excluding diaryl/α,β-unsaturated/α-hetero) is 1. The van der Waals surface area contributed by atoms with Gasteiger partial charge in [0.15, 0.2) is 0 Å². The molecule has 0 heterocycles. The molecule has 0 aliphatic heterocycles. The Hall–Kier alpha value is -1.75. The number of nitrogens with two attached hydrogens (primary N) is 1. The lowest BCUT2D eigenvalue weighted by molar-refractivity contribution is -0.124. The Labute approximate surface area is 124 Å². The first-order valence-corrected chi connectivity index (χ1v) is 7.01. The normalized spacial score (nSPS) is 12.8. The van der Waals surface area contributed by atoms with E-state index in [0.29, 0.717) is 19.3 Å². The van der Waals surface area contributed by atoms with E-state index in [2.05, 4.69) is 5.32 Å². The maximum absolute atomic E-state index is 12.9. The maximum Gasteiger partial charge on any atom is 0.237 e. The zero-order valence-corrected chi connectivity index (χ0v) is 12.8. The van der Waals surface area contributed by atoms with Gasteiger partial charge in [-0.25, -0.2) is 4.39 Å². The van der Waals surface area contributed by atoms with E-state index in [0.717, 1.165) is 5.56 Å². The zero-order valence-electron chi connectivity index (χ0n) is 12.8. The van der Waals surface area contributed by atoms with Crippen molar-refractivity contribution < 1.29 is 14.0 Å². The third-order valence-electron chi connectivity index (χ3n) is 3.17. The number of amides is 1. The van der Waals surface area contributed by atoms with Crippen molar-refractivity contribution in [2.75, 3.05) is 0 Å². The molecule has 0 spiro atoms. The number of nitrogens with one attached hydrogen (secondary N) is 1. The number of hydrogen-bond donors (Lipinski definition) is 2. The van der Waals surface area contributed by atoms with Crippen molar-refractivity contribution in [3.8, 4) is 0 Å². The number of carbonyl (C=O) groups excluding carboxylic acids is 2. The monoisotopic (exact) mass is 294 g/mol. The second-order valence-electron chi connectivity index (χ2n) is 6.02. The molecule has 0 radical (unpaired) electrons. The molecule has 0 unspecified atom stereocenters. The van der Waals surface area contributed by atoms with Crippen LogP contribution < -0.4 is 11.1 Å². The van der Waals surface area contributed by atoms with Gasteiger partial charge in [0.25, 0.3) is 0 Å². The van der Waals surface area contributed by atoms with Gasteiger partial charge < -0.3 is 15.8 Å². The topological polar surface area (TPSA) is 72.2 Å². The lowest BCUT2D eigenvalue weighted by atomic mass is 9.94. The first-order valence-electron chi connectivity index (χ1n) is 7.01. The SMILES string of the molecule is CC(=O)CC[C@H](N)C(=O)NC(C)(C)Cc1ccc(F)cc1. The van der Waals surface area contributed by atoms with Crippen LogP contribution in [-0.2, 0) is 16.0 Å². The maximum atomic E-state index is 12.9. The molecule has 1 atom stereocenters.